The summed E-state index contributed by atoms with van der Waals surface area (Å²) in [6.45, 7) is 3.33. The number of aromatic nitrogens is 1. The van der Waals surface area contributed by atoms with Gasteiger partial charge < -0.3 is 14.5 Å². The summed E-state index contributed by atoms with van der Waals surface area (Å²) in [5, 5.41) is 1.21. The summed E-state index contributed by atoms with van der Waals surface area (Å²) in [6, 6.07) is 35.1. The normalized spacial score (nSPS) is 10.9. The third kappa shape index (κ3) is 4.78. The van der Waals surface area contributed by atoms with E-state index >= 15 is 0 Å². The summed E-state index contributed by atoms with van der Waals surface area (Å²) in [6.07, 6.45) is 0.934. The second kappa shape index (κ2) is 9.66. The molecule has 0 saturated heterocycles. The molecule has 1 N–H and O–H groups in total. The lowest BCUT2D eigenvalue weighted by molar-refractivity contribution is 0.306. The molecule has 0 bridgehead atoms. The van der Waals surface area contributed by atoms with Crippen molar-refractivity contribution in [1.29, 1.82) is 0 Å². The van der Waals surface area contributed by atoms with Gasteiger partial charge in [0.2, 0.25) is 0 Å². The van der Waals surface area contributed by atoms with Crippen molar-refractivity contribution in [3.05, 3.63) is 120 Å². The summed E-state index contributed by atoms with van der Waals surface area (Å²) >= 11 is 0. The van der Waals surface area contributed by atoms with Gasteiger partial charge in [-0.3, -0.25) is 0 Å². The number of hydrogen-bond acceptors (Lipinski definition) is 2. The zero-order chi connectivity index (χ0) is 22.5. The zero-order valence-corrected chi connectivity index (χ0v) is 18.8. The van der Waals surface area contributed by atoms with E-state index in [1.807, 2.05) is 54.6 Å². The van der Waals surface area contributed by atoms with E-state index in [9.17, 15) is 0 Å². The van der Waals surface area contributed by atoms with E-state index in [4.69, 9.17) is 9.47 Å². The quantitative estimate of drug-likeness (QED) is 0.274. The standard InChI is InChI=1S/C30H27NO2/c1-2-27-28-19-26(33-21-23-11-7-4-8-12-23)17-18-29(28)31-30(27)24-13-15-25(16-14-24)32-20-22-9-5-3-6-10-22/h3-19,31H,2,20-21H2,1H3. The molecule has 0 spiro atoms. The number of benzene rings is 4. The lowest BCUT2D eigenvalue weighted by Gasteiger charge is -2.08. The molecule has 0 aliphatic heterocycles. The predicted octanol–water partition coefficient (Wildman–Crippen LogP) is 7.56. The number of hydrogen-bond donors (Lipinski definition) is 1. The lowest BCUT2D eigenvalue weighted by Crippen LogP contribution is -1.95. The molecule has 1 aromatic heterocycles. The van der Waals surface area contributed by atoms with Gasteiger partial charge in [0.15, 0.2) is 0 Å². The molecule has 0 atom stereocenters. The van der Waals surface area contributed by atoms with Crippen LogP contribution in [0.15, 0.2) is 103 Å². The second-order valence-corrected chi connectivity index (χ2v) is 8.11. The molecular formula is C30H27NO2. The van der Waals surface area contributed by atoms with Crippen LogP contribution in [0.3, 0.4) is 0 Å². The third-order valence-electron chi connectivity index (χ3n) is 5.87. The van der Waals surface area contributed by atoms with E-state index in [0.29, 0.717) is 13.2 Å². The number of ether oxygens (including phenoxy) is 2. The van der Waals surface area contributed by atoms with Gasteiger partial charge in [0, 0.05) is 16.6 Å². The molecule has 0 radical (unpaired) electrons. The van der Waals surface area contributed by atoms with Gasteiger partial charge in [0.05, 0.1) is 0 Å². The maximum atomic E-state index is 6.06. The van der Waals surface area contributed by atoms with E-state index in [1.54, 1.807) is 0 Å². The van der Waals surface area contributed by atoms with Crippen LogP contribution in [0.5, 0.6) is 11.5 Å². The Balaban J connectivity index is 1.35. The summed E-state index contributed by atoms with van der Waals surface area (Å²) in [4.78, 5) is 3.61. The second-order valence-electron chi connectivity index (χ2n) is 8.11. The van der Waals surface area contributed by atoms with Gasteiger partial charge in [-0.2, -0.15) is 0 Å². The highest BCUT2D eigenvalue weighted by Crippen LogP contribution is 2.34. The van der Waals surface area contributed by atoms with Crippen LogP contribution >= 0.6 is 0 Å². The van der Waals surface area contributed by atoms with Gasteiger partial charge >= 0.3 is 0 Å². The largest absolute Gasteiger partial charge is 0.489 e. The van der Waals surface area contributed by atoms with Crippen molar-refractivity contribution in [2.75, 3.05) is 0 Å². The molecule has 33 heavy (non-hydrogen) atoms. The molecule has 0 aliphatic carbocycles. The van der Waals surface area contributed by atoms with Gasteiger partial charge in [0.25, 0.3) is 0 Å². The van der Waals surface area contributed by atoms with E-state index in [0.717, 1.165) is 45.8 Å². The summed E-state index contributed by atoms with van der Waals surface area (Å²) < 4.78 is 12.0. The summed E-state index contributed by atoms with van der Waals surface area (Å²) in [5.74, 6) is 1.75. The molecular weight excluding hydrogens is 406 g/mol. The minimum atomic E-state index is 0.565. The average molecular weight is 434 g/mol. The first-order valence-corrected chi connectivity index (χ1v) is 11.4. The smallest absolute Gasteiger partial charge is 0.120 e. The number of rotatable bonds is 8. The van der Waals surface area contributed by atoms with Crippen LogP contribution in [0, 0.1) is 0 Å². The van der Waals surface area contributed by atoms with Crippen LogP contribution in [0.4, 0.5) is 0 Å². The molecule has 5 aromatic rings. The molecule has 5 rings (SSSR count). The molecule has 3 nitrogen and oxygen atoms in total. The molecule has 0 aliphatic rings. The Kier molecular flexibility index (Phi) is 6.12. The maximum Gasteiger partial charge on any atom is 0.120 e. The molecule has 1 heterocycles. The van der Waals surface area contributed by atoms with Crippen molar-refractivity contribution in [3.8, 4) is 22.8 Å². The van der Waals surface area contributed by atoms with Crippen LogP contribution in [0.25, 0.3) is 22.2 Å². The Labute approximate surface area is 194 Å². The zero-order valence-electron chi connectivity index (χ0n) is 18.8. The van der Waals surface area contributed by atoms with E-state index in [1.165, 1.54) is 10.9 Å². The molecule has 0 saturated carbocycles. The molecule has 0 amide bonds. The fourth-order valence-electron chi connectivity index (χ4n) is 4.13. The fraction of sp³-hybridized carbons (Fsp3) is 0.133. The van der Waals surface area contributed by atoms with Crippen molar-refractivity contribution in [2.45, 2.75) is 26.6 Å². The molecule has 4 aromatic carbocycles. The number of fused-ring (bicyclic) bond motifs is 1. The molecule has 164 valence electrons. The molecule has 0 fully saturated rings. The Hall–Kier alpha value is -3.98. The highest BCUT2D eigenvalue weighted by Gasteiger charge is 2.13. The molecule has 3 heteroatoms. The van der Waals surface area contributed by atoms with Crippen LogP contribution in [0.1, 0.15) is 23.6 Å². The Bertz CT molecular complexity index is 1320. The maximum absolute atomic E-state index is 6.06. The monoisotopic (exact) mass is 433 g/mol. The number of nitrogens with one attached hydrogen (secondary N) is 1. The van der Waals surface area contributed by atoms with Gasteiger partial charge in [-0.1, -0.05) is 67.6 Å². The minimum absolute atomic E-state index is 0.565. The van der Waals surface area contributed by atoms with Gasteiger partial charge in [0.1, 0.15) is 24.7 Å². The van der Waals surface area contributed by atoms with Crippen molar-refractivity contribution < 1.29 is 9.47 Å². The number of aryl methyl sites for hydroxylation is 1. The van der Waals surface area contributed by atoms with Crippen LogP contribution in [0.2, 0.25) is 0 Å². The number of aromatic amines is 1. The Morgan fingerprint density at radius 2 is 1.21 bits per heavy atom. The van der Waals surface area contributed by atoms with Gasteiger partial charge in [-0.25, -0.2) is 0 Å². The van der Waals surface area contributed by atoms with Crippen LogP contribution in [-0.4, -0.2) is 4.98 Å². The molecule has 0 unspecified atom stereocenters. The highest BCUT2D eigenvalue weighted by molar-refractivity contribution is 5.91. The first-order chi connectivity index (χ1) is 16.3. The SMILES string of the molecule is CCc1c(-c2ccc(OCc3ccccc3)cc2)[nH]c2ccc(OCc3ccccc3)cc12. The van der Waals surface area contributed by atoms with Gasteiger partial charge in [-0.05, 0) is 71.1 Å². The number of H-pyrrole nitrogens is 1. The van der Waals surface area contributed by atoms with E-state index < -0.39 is 0 Å². The summed E-state index contributed by atoms with van der Waals surface area (Å²) in [5.41, 5.74) is 7.06. The van der Waals surface area contributed by atoms with Crippen molar-refractivity contribution in [2.24, 2.45) is 0 Å². The highest BCUT2D eigenvalue weighted by atomic mass is 16.5. The Morgan fingerprint density at radius 1 is 0.636 bits per heavy atom. The fourth-order valence-corrected chi connectivity index (χ4v) is 4.13. The third-order valence-corrected chi connectivity index (χ3v) is 5.87. The van der Waals surface area contributed by atoms with Crippen molar-refractivity contribution in [1.82, 2.24) is 4.98 Å². The average Bonchev–Trinajstić information content (AvgIpc) is 3.25. The van der Waals surface area contributed by atoms with Crippen LogP contribution < -0.4 is 9.47 Å². The Morgan fingerprint density at radius 3 is 1.82 bits per heavy atom. The van der Waals surface area contributed by atoms with Crippen molar-refractivity contribution in [3.63, 3.8) is 0 Å². The topological polar surface area (TPSA) is 34.2 Å². The van der Waals surface area contributed by atoms with Crippen molar-refractivity contribution >= 4 is 10.9 Å². The first-order valence-electron chi connectivity index (χ1n) is 11.4. The minimum Gasteiger partial charge on any atom is -0.489 e. The van der Waals surface area contributed by atoms with Gasteiger partial charge in [-0.15, -0.1) is 0 Å². The first kappa shape index (κ1) is 20.9. The predicted molar refractivity (Wildman–Crippen MR) is 135 cm³/mol. The van der Waals surface area contributed by atoms with Crippen LogP contribution in [-0.2, 0) is 19.6 Å². The van der Waals surface area contributed by atoms with E-state index in [-0.39, 0.29) is 0 Å². The summed E-state index contributed by atoms with van der Waals surface area (Å²) in [7, 11) is 0. The lowest BCUT2D eigenvalue weighted by atomic mass is 10.0. The van der Waals surface area contributed by atoms with E-state index in [2.05, 4.69) is 60.4 Å².